The Morgan fingerprint density at radius 1 is 1.11 bits per heavy atom. The maximum absolute atomic E-state index is 12.8. The number of nitrogens with zero attached hydrogens (tertiary/aromatic N) is 1. The second kappa shape index (κ2) is 8.24. The molecule has 0 radical (unpaired) electrons. The second-order valence-corrected chi connectivity index (χ2v) is 9.47. The quantitative estimate of drug-likeness (QED) is 0.740. The summed E-state index contributed by atoms with van der Waals surface area (Å²) in [6.45, 7) is 1.03. The van der Waals surface area contributed by atoms with Crippen LogP contribution >= 0.6 is 11.3 Å². The smallest absolute Gasteiger partial charge is 0.337 e. The van der Waals surface area contributed by atoms with E-state index < -0.39 is 16.0 Å². The molecule has 6 nitrogen and oxygen atoms in total. The van der Waals surface area contributed by atoms with Crippen LogP contribution in [-0.4, -0.2) is 44.0 Å². The lowest BCUT2D eigenvalue weighted by atomic mass is 10.1. The zero-order valence-corrected chi connectivity index (χ0v) is 16.6. The summed E-state index contributed by atoms with van der Waals surface area (Å²) in [7, 11) is -2.01. The molecule has 0 atom stereocenters. The Kier molecular flexibility index (Phi) is 5.98. The van der Waals surface area contributed by atoms with Crippen LogP contribution in [0.3, 0.4) is 0 Å². The number of ether oxygens (including phenoxy) is 1. The summed E-state index contributed by atoms with van der Waals surface area (Å²) < 4.78 is 32.3. The van der Waals surface area contributed by atoms with Gasteiger partial charge in [0.25, 0.3) is 10.0 Å². The maximum Gasteiger partial charge on any atom is 0.337 e. The Morgan fingerprint density at radius 2 is 1.78 bits per heavy atom. The van der Waals surface area contributed by atoms with Crippen LogP contribution in [0.5, 0.6) is 5.75 Å². The molecule has 0 saturated carbocycles. The maximum atomic E-state index is 12.8. The Labute approximate surface area is 162 Å². The van der Waals surface area contributed by atoms with Crippen molar-refractivity contribution in [2.45, 2.75) is 23.5 Å². The molecule has 1 aliphatic heterocycles. The SMILES string of the molecule is COc1ccc(/C=C(\C(=O)O)c2ccc(S(=O)(=O)N3CCCCC3)s2)cc1. The molecule has 0 spiro atoms. The third kappa shape index (κ3) is 4.40. The van der Waals surface area contributed by atoms with E-state index in [4.69, 9.17) is 4.74 Å². The molecule has 1 fully saturated rings. The van der Waals surface area contributed by atoms with E-state index in [2.05, 4.69) is 0 Å². The van der Waals surface area contributed by atoms with E-state index in [-0.39, 0.29) is 9.78 Å². The van der Waals surface area contributed by atoms with Gasteiger partial charge in [-0.15, -0.1) is 11.3 Å². The van der Waals surface area contributed by atoms with Crippen molar-refractivity contribution in [3.63, 3.8) is 0 Å². The summed E-state index contributed by atoms with van der Waals surface area (Å²) in [6.07, 6.45) is 4.28. The highest BCUT2D eigenvalue weighted by atomic mass is 32.2. The van der Waals surface area contributed by atoms with Gasteiger partial charge in [-0.2, -0.15) is 4.31 Å². The van der Waals surface area contributed by atoms with E-state index in [9.17, 15) is 18.3 Å². The monoisotopic (exact) mass is 407 g/mol. The molecule has 1 aromatic heterocycles. The van der Waals surface area contributed by atoms with Crippen LogP contribution < -0.4 is 4.74 Å². The van der Waals surface area contributed by atoms with Gasteiger partial charge in [0.2, 0.25) is 0 Å². The number of benzene rings is 1. The lowest BCUT2D eigenvalue weighted by Gasteiger charge is -2.25. The van der Waals surface area contributed by atoms with Gasteiger partial charge in [-0.1, -0.05) is 18.6 Å². The molecule has 3 rings (SSSR count). The number of rotatable bonds is 6. The number of hydrogen-bond acceptors (Lipinski definition) is 5. The van der Waals surface area contributed by atoms with Crippen LogP contribution in [0.15, 0.2) is 40.6 Å². The zero-order chi connectivity index (χ0) is 19.4. The lowest BCUT2D eigenvalue weighted by Crippen LogP contribution is -2.35. The van der Waals surface area contributed by atoms with Crippen LogP contribution in [-0.2, 0) is 14.8 Å². The van der Waals surface area contributed by atoms with E-state index >= 15 is 0 Å². The number of piperidine rings is 1. The Hall–Kier alpha value is -2.16. The fourth-order valence-electron chi connectivity index (χ4n) is 2.94. The molecule has 1 N–H and O–H groups in total. The van der Waals surface area contributed by atoms with Gasteiger partial charge in [-0.3, -0.25) is 0 Å². The summed E-state index contributed by atoms with van der Waals surface area (Å²) in [5.74, 6) is -0.426. The summed E-state index contributed by atoms with van der Waals surface area (Å²) >= 11 is 0.993. The van der Waals surface area contributed by atoms with Gasteiger partial charge in [0.15, 0.2) is 0 Å². The van der Waals surface area contributed by atoms with Gasteiger partial charge >= 0.3 is 5.97 Å². The number of thiophene rings is 1. The first-order valence-electron chi connectivity index (χ1n) is 8.61. The normalized spacial score (nSPS) is 16.3. The summed E-state index contributed by atoms with van der Waals surface area (Å²) in [5.41, 5.74) is 0.757. The van der Waals surface area contributed by atoms with Gasteiger partial charge < -0.3 is 9.84 Å². The average molecular weight is 408 g/mol. The second-order valence-electron chi connectivity index (χ2n) is 6.22. The number of carbonyl (C=O) groups is 1. The van der Waals surface area contributed by atoms with E-state index in [1.165, 1.54) is 16.4 Å². The molecule has 27 heavy (non-hydrogen) atoms. The number of hydrogen-bond donors (Lipinski definition) is 1. The van der Waals surface area contributed by atoms with E-state index in [1.807, 2.05) is 0 Å². The van der Waals surface area contributed by atoms with Crippen molar-refractivity contribution in [3.05, 3.63) is 46.8 Å². The van der Waals surface area contributed by atoms with Gasteiger partial charge in [0.1, 0.15) is 9.96 Å². The molecule has 0 unspecified atom stereocenters. The first-order chi connectivity index (χ1) is 12.9. The van der Waals surface area contributed by atoms with Crippen LogP contribution in [0.2, 0.25) is 0 Å². The van der Waals surface area contributed by atoms with Crippen molar-refractivity contribution in [2.24, 2.45) is 0 Å². The first-order valence-corrected chi connectivity index (χ1v) is 10.9. The highest BCUT2D eigenvalue weighted by molar-refractivity contribution is 7.91. The molecule has 1 aromatic carbocycles. The van der Waals surface area contributed by atoms with E-state index in [0.717, 1.165) is 30.6 Å². The van der Waals surface area contributed by atoms with Crippen molar-refractivity contribution in [2.75, 3.05) is 20.2 Å². The number of carboxylic acid groups (broad SMARTS) is 1. The number of sulfonamides is 1. The minimum absolute atomic E-state index is 0.0604. The third-order valence-corrected chi connectivity index (χ3v) is 7.90. The number of carboxylic acids is 1. The molecule has 0 aliphatic carbocycles. The van der Waals surface area contributed by atoms with Crippen LogP contribution in [0, 0.1) is 0 Å². The molecule has 2 heterocycles. The van der Waals surface area contributed by atoms with E-state index in [1.54, 1.807) is 37.4 Å². The summed E-state index contributed by atoms with van der Waals surface area (Å²) in [6, 6.07) is 10.0. The lowest BCUT2D eigenvalue weighted by molar-refractivity contribution is -0.130. The molecule has 8 heteroatoms. The van der Waals surface area contributed by atoms with Crippen molar-refractivity contribution in [3.8, 4) is 5.75 Å². The first kappa shape index (κ1) is 19.6. The van der Waals surface area contributed by atoms with Crippen molar-refractivity contribution >= 4 is 39.0 Å². The van der Waals surface area contributed by atoms with Gasteiger partial charge in [-0.25, -0.2) is 13.2 Å². The topological polar surface area (TPSA) is 83.9 Å². The fraction of sp³-hybridized carbons (Fsp3) is 0.316. The van der Waals surface area contributed by atoms with Crippen LogP contribution in [0.1, 0.15) is 29.7 Å². The number of aliphatic carboxylic acids is 1. The fourth-order valence-corrected chi connectivity index (χ4v) is 5.93. The predicted octanol–water partition coefficient (Wildman–Crippen LogP) is 3.56. The van der Waals surface area contributed by atoms with Crippen LogP contribution in [0.4, 0.5) is 0 Å². The highest BCUT2D eigenvalue weighted by Gasteiger charge is 2.28. The average Bonchev–Trinajstić information content (AvgIpc) is 3.17. The van der Waals surface area contributed by atoms with Gasteiger partial charge in [0.05, 0.1) is 12.7 Å². The standard InChI is InChI=1S/C19H21NO5S2/c1-25-15-7-5-14(6-8-15)13-16(19(21)22)17-9-10-18(26-17)27(23,24)20-11-3-2-4-12-20/h5-10,13H,2-4,11-12H2,1H3,(H,21,22)/b16-13-. The Balaban J connectivity index is 1.91. The molecule has 1 saturated heterocycles. The molecule has 1 aliphatic rings. The summed E-state index contributed by atoms with van der Waals surface area (Å²) in [5, 5.41) is 9.60. The molecule has 144 valence electrons. The van der Waals surface area contributed by atoms with Gasteiger partial charge in [-0.05, 0) is 48.7 Å². The zero-order valence-electron chi connectivity index (χ0n) is 14.9. The van der Waals surface area contributed by atoms with Crippen molar-refractivity contribution in [1.82, 2.24) is 4.31 Å². The molecule has 0 bridgehead atoms. The minimum atomic E-state index is -3.57. The van der Waals surface area contributed by atoms with Crippen molar-refractivity contribution in [1.29, 1.82) is 0 Å². The van der Waals surface area contributed by atoms with E-state index in [0.29, 0.717) is 29.3 Å². The number of methoxy groups -OCH3 is 1. The van der Waals surface area contributed by atoms with Crippen LogP contribution in [0.25, 0.3) is 11.6 Å². The Morgan fingerprint density at radius 3 is 2.37 bits per heavy atom. The van der Waals surface area contributed by atoms with Gasteiger partial charge in [0, 0.05) is 18.0 Å². The van der Waals surface area contributed by atoms with Crippen molar-refractivity contribution < 1.29 is 23.1 Å². The molecule has 2 aromatic rings. The molecule has 0 amide bonds. The largest absolute Gasteiger partial charge is 0.497 e. The predicted molar refractivity (Wildman–Crippen MR) is 105 cm³/mol. The molecular weight excluding hydrogens is 386 g/mol. The summed E-state index contributed by atoms with van der Waals surface area (Å²) in [4.78, 5) is 12.2. The highest BCUT2D eigenvalue weighted by Crippen LogP contribution is 2.32. The molecular formula is C19H21NO5S2. The Bertz CT molecular complexity index is 939. The third-order valence-electron chi connectivity index (χ3n) is 4.41. The minimum Gasteiger partial charge on any atom is -0.497 e.